The number of morpholine rings is 1. The molecule has 1 aliphatic rings. The number of nitrogens with zero attached hydrogens (tertiary/aromatic N) is 2. The molecule has 20 heavy (non-hydrogen) atoms. The van der Waals surface area contributed by atoms with Crippen molar-refractivity contribution in [2.45, 2.75) is 27.7 Å². The maximum atomic E-state index is 5.37. The second-order valence-electron chi connectivity index (χ2n) is 4.45. The van der Waals surface area contributed by atoms with Gasteiger partial charge in [0.2, 0.25) is 0 Å². The molecule has 0 N–H and O–H groups in total. The number of anilines is 1. The van der Waals surface area contributed by atoms with E-state index in [1.165, 1.54) is 16.0 Å². The molecule has 3 rings (SSSR count). The van der Waals surface area contributed by atoms with Crippen molar-refractivity contribution >= 4 is 27.8 Å². The Bertz CT molecular complexity index is 542. The molecule has 2 aromatic rings. The lowest BCUT2D eigenvalue weighted by atomic mass is 10.1. The van der Waals surface area contributed by atoms with Crippen LogP contribution in [0.1, 0.15) is 24.3 Å². The molecule has 1 saturated heterocycles. The van der Waals surface area contributed by atoms with E-state index in [2.05, 4.69) is 29.5 Å². The van der Waals surface area contributed by atoms with E-state index in [0.717, 1.165) is 37.1 Å². The Kier molecular flexibility index (Phi) is 5.57. The molecule has 2 aromatic heterocycles. The predicted molar refractivity (Wildman–Crippen MR) is 89.3 cm³/mol. The number of aryl methyl sites for hydroxylation is 1. The lowest BCUT2D eigenvalue weighted by Crippen LogP contribution is -2.36. The SMILES string of the molecule is CC.Cc1scc(-c2csc(N3CCOCC3)n2)c1C. The molecule has 0 amide bonds. The summed E-state index contributed by atoms with van der Waals surface area (Å²) in [7, 11) is 0. The molecule has 0 saturated carbocycles. The van der Waals surface area contributed by atoms with Gasteiger partial charge in [0.15, 0.2) is 5.13 Å². The topological polar surface area (TPSA) is 25.4 Å². The number of aromatic nitrogens is 1. The van der Waals surface area contributed by atoms with Crippen LogP contribution >= 0.6 is 22.7 Å². The van der Waals surface area contributed by atoms with Crippen molar-refractivity contribution in [2.24, 2.45) is 0 Å². The van der Waals surface area contributed by atoms with Gasteiger partial charge in [0.1, 0.15) is 0 Å². The van der Waals surface area contributed by atoms with Gasteiger partial charge in [0, 0.05) is 34.3 Å². The van der Waals surface area contributed by atoms with Gasteiger partial charge in [0.05, 0.1) is 18.9 Å². The summed E-state index contributed by atoms with van der Waals surface area (Å²) in [5, 5.41) is 5.50. The minimum Gasteiger partial charge on any atom is -0.378 e. The Labute approximate surface area is 129 Å². The van der Waals surface area contributed by atoms with E-state index in [0.29, 0.717) is 0 Å². The van der Waals surface area contributed by atoms with E-state index < -0.39 is 0 Å². The van der Waals surface area contributed by atoms with Crippen LogP contribution in [0.25, 0.3) is 11.3 Å². The fourth-order valence-corrected chi connectivity index (χ4v) is 3.81. The third kappa shape index (κ3) is 3.22. The van der Waals surface area contributed by atoms with Crippen molar-refractivity contribution < 1.29 is 4.74 Å². The van der Waals surface area contributed by atoms with Gasteiger partial charge in [-0.2, -0.15) is 0 Å². The highest BCUT2D eigenvalue weighted by Crippen LogP contribution is 2.33. The Morgan fingerprint density at radius 2 is 1.80 bits per heavy atom. The van der Waals surface area contributed by atoms with Crippen molar-refractivity contribution in [1.82, 2.24) is 4.98 Å². The Hall–Kier alpha value is -0.910. The number of hydrogen-bond acceptors (Lipinski definition) is 5. The number of ether oxygens (including phenoxy) is 1. The molecule has 0 aromatic carbocycles. The number of hydrogen-bond donors (Lipinski definition) is 0. The van der Waals surface area contributed by atoms with E-state index in [9.17, 15) is 0 Å². The molecule has 0 atom stereocenters. The van der Waals surface area contributed by atoms with Gasteiger partial charge in [-0.05, 0) is 19.4 Å². The van der Waals surface area contributed by atoms with E-state index in [1.807, 2.05) is 13.8 Å². The van der Waals surface area contributed by atoms with E-state index in [1.54, 1.807) is 22.7 Å². The van der Waals surface area contributed by atoms with Crippen molar-refractivity contribution in [2.75, 3.05) is 31.2 Å². The zero-order chi connectivity index (χ0) is 14.5. The zero-order valence-corrected chi connectivity index (χ0v) is 14.2. The monoisotopic (exact) mass is 310 g/mol. The smallest absolute Gasteiger partial charge is 0.186 e. The van der Waals surface area contributed by atoms with Gasteiger partial charge < -0.3 is 9.64 Å². The predicted octanol–water partition coefficient (Wildman–Crippen LogP) is 4.35. The Balaban J connectivity index is 0.000000704. The van der Waals surface area contributed by atoms with Crippen LogP contribution < -0.4 is 4.90 Å². The Morgan fingerprint density at radius 1 is 1.10 bits per heavy atom. The number of rotatable bonds is 2. The molecule has 110 valence electrons. The average molecular weight is 310 g/mol. The molecule has 3 heterocycles. The summed E-state index contributed by atoms with van der Waals surface area (Å²) >= 11 is 3.53. The third-order valence-corrected chi connectivity index (χ3v) is 5.25. The summed E-state index contributed by atoms with van der Waals surface area (Å²) in [5.74, 6) is 0. The summed E-state index contributed by atoms with van der Waals surface area (Å²) in [4.78, 5) is 8.47. The molecule has 1 aliphatic heterocycles. The minimum absolute atomic E-state index is 0.811. The molecule has 0 aliphatic carbocycles. The molecular weight excluding hydrogens is 288 g/mol. The first-order valence-electron chi connectivity index (χ1n) is 7.09. The first-order chi connectivity index (χ1) is 9.75. The molecule has 0 spiro atoms. The summed E-state index contributed by atoms with van der Waals surface area (Å²) in [6.07, 6.45) is 0. The maximum Gasteiger partial charge on any atom is 0.186 e. The fourth-order valence-electron chi connectivity index (χ4n) is 2.05. The largest absolute Gasteiger partial charge is 0.378 e. The van der Waals surface area contributed by atoms with Crippen LogP contribution in [-0.4, -0.2) is 31.3 Å². The highest BCUT2D eigenvalue weighted by molar-refractivity contribution is 7.14. The van der Waals surface area contributed by atoms with Crippen molar-refractivity contribution in [3.8, 4) is 11.3 Å². The molecule has 1 fully saturated rings. The number of thiophene rings is 1. The maximum absolute atomic E-state index is 5.37. The third-order valence-electron chi connectivity index (χ3n) is 3.34. The lowest BCUT2D eigenvalue weighted by molar-refractivity contribution is 0.122. The van der Waals surface area contributed by atoms with E-state index in [-0.39, 0.29) is 0 Å². The van der Waals surface area contributed by atoms with Crippen molar-refractivity contribution in [3.05, 3.63) is 21.2 Å². The molecule has 0 bridgehead atoms. The summed E-state index contributed by atoms with van der Waals surface area (Å²) in [6, 6.07) is 0. The average Bonchev–Trinajstić information content (AvgIpc) is 3.11. The van der Waals surface area contributed by atoms with Crippen LogP contribution in [0.15, 0.2) is 10.8 Å². The van der Waals surface area contributed by atoms with Crippen LogP contribution in [0.2, 0.25) is 0 Å². The summed E-state index contributed by atoms with van der Waals surface area (Å²) in [6.45, 7) is 11.9. The van der Waals surface area contributed by atoms with Gasteiger partial charge in [-0.3, -0.25) is 0 Å². The van der Waals surface area contributed by atoms with E-state index in [4.69, 9.17) is 9.72 Å². The fraction of sp³-hybridized carbons (Fsp3) is 0.533. The highest BCUT2D eigenvalue weighted by Gasteiger charge is 2.16. The highest BCUT2D eigenvalue weighted by atomic mass is 32.1. The summed E-state index contributed by atoms with van der Waals surface area (Å²) < 4.78 is 5.37. The van der Waals surface area contributed by atoms with Crippen LogP contribution in [0, 0.1) is 13.8 Å². The minimum atomic E-state index is 0.811. The van der Waals surface area contributed by atoms with Crippen LogP contribution in [-0.2, 0) is 4.74 Å². The quantitative estimate of drug-likeness (QED) is 0.824. The van der Waals surface area contributed by atoms with Gasteiger partial charge in [-0.1, -0.05) is 13.8 Å². The number of thiazole rings is 1. The Morgan fingerprint density at radius 3 is 2.40 bits per heavy atom. The zero-order valence-electron chi connectivity index (χ0n) is 12.6. The first-order valence-corrected chi connectivity index (χ1v) is 8.85. The lowest BCUT2D eigenvalue weighted by Gasteiger charge is -2.26. The van der Waals surface area contributed by atoms with E-state index >= 15 is 0 Å². The van der Waals surface area contributed by atoms with Gasteiger partial charge in [-0.25, -0.2) is 4.98 Å². The van der Waals surface area contributed by atoms with Crippen LogP contribution in [0.5, 0.6) is 0 Å². The summed E-state index contributed by atoms with van der Waals surface area (Å²) in [5.41, 5.74) is 3.76. The second kappa shape index (κ2) is 7.20. The first kappa shape index (κ1) is 15.5. The second-order valence-corrected chi connectivity index (χ2v) is 6.37. The van der Waals surface area contributed by atoms with Crippen molar-refractivity contribution in [3.63, 3.8) is 0 Å². The normalized spacial score (nSPS) is 14.9. The molecule has 0 radical (unpaired) electrons. The standard InChI is InChI=1S/C13H16N2OS2.C2H6/c1-9-10(2)17-7-11(9)12-8-18-13(14-12)15-3-5-16-6-4-15;1-2/h7-8H,3-6H2,1-2H3;1-2H3. The van der Waals surface area contributed by atoms with Crippen LogP contribution in [0.3, 0.4) is 0 Å². The van der Waals surface area contributed by atoms with Crippen LogP contribution in [0.4, 0.5) is 5.13 Å². The van der Waals surface area contributed by atoms with Gasteiger partial charge in [0.25, 0.3) is 0 Å². The van der Waals surface area contributed by atoms with Crippen molar-refractivity contribution in [1.29, 1.82) is 0 Å². The van der Waals surface area contributed by atoms with Gasteiger partial charge >= 0.3 is 0 Å². The molecule has 5 heteroatoms. The van der Waals surface area contributed by atoms with Gasteiger partial charge in [-0.15, -0.1) is 22.7 Å². The molecule has 3 nitrogen and oxygen atoms in total. The molecular formula is C15H22N2OS2. The molecule has 0 unspecified atom stereocenters.